The van der Waals surface area contributed by atoms with E-state index in [0.29, 0.717) is 0 Å². The maximum absolute atomic E-state index is 12.2. The number of nitrogens with one attached hydrogen (secondary N) is 1. The van der Waals surface area contributed by atoms with Crippen LogP contribution in [0.5, 0.6) is 0 Å². The van der Waals surface area contributed by atoms with Crippen LogP contribution in [0.2, 0.25) is 0 Å². The standard InChI is InChI=1S/C14H29F2NO/c1-3-5-7-9-12(10-8-6-4-2)17-11-13(18)14(15)16/h12-14,17-18H,3-11H2,1-2H3. The zero-order chi connectivity index (χ0) is 13.8. The zero-order valence-corrected chi connectivity index (χ0v) is 11.8. The lowest BCUT2D eigenvalue weighted by Gasteiger charge is -2.20. The predicted molar refractivity (Wildman–Crippen MR) is 72.1 cm³/mol. The Morgan fingerprint density at radius 3 is 1.83 bits per heavy atom. The molecule has 0 spiro atoms. The first-order valence-corrected chi connectivity index (χ1v) is 7.31. The molecular weight excluding hydrogens is 236 g/mol. The van der Waals surface area contributed by atoms with E-state index >= 15 is 0 Å². The fourth-order valence-corrected chi connectivity index (χ4v) is 2.01. The summed E-state index contributed by atoms with van der Waals surface area (Å²) >= 11 is 0. The Hall–Kier alpha value is -0.220. The van der Waals surface area contributed by atoms with E-state index in [-0.39, 0.29) is 12.6 Å². The highest BCUT2D eigenvalue weighted by molar-refractivity contribution is 4.71. The molecular formula is C14H29F2NO. The number of rotatable bonds is 12. The first-order valence-electron chi connectivity index (χ1n) is 7.31. The molecule has 0 aliphatic carbocycles. The zero-order valence-electron chi connectivity index (χ0n) is 11.8. The quantitative estimate of drug-likeness (QED) is 0.527. The highest BCUT2D eigenvalue weighted by Crippen LogP contribution is 2.11. The van der Waals surface area contributed by atoms with Gasteiger partial charge in [-0.2, -0.15) is 0 Å². The third-order valence-electron chi connectivity index (χ3n) is 3.22. The molecule has 0 saturated carbocycles. The number of aliphatic hydroxyl groups excluding tert-OH is 1. The van der Waals surface area contributed by atoms with Crippen molar-refractivity contribution in [2.45, 2.75) is 83.8 Å². The summed E-state index contributed by atoms with van der Waals surface area (Å²) in [4.78, 5) is 0. The van der Waals surface area contributed by atoms with Crippen LogP contribution in [0.25, 0.3) is 0 Å². The van der Waals surface area contributed by atoms with Crippen LogP contribution in [0.15, 0.2) is 0 Å². The number of hydrogen-bond acceptors (Lipinski definition) is 2. The van der Waals surface area contributed by atoms with Crippen LogP contribution < -0.4 is 5.32 Å². The van der Waals surface area contributed by atoms with Crippen molar-refractivity contribution >= 4 is 0 Å². The lowest BCUT2D eigenvalue weighted by Crippen LogP contribution is -2.38. The third kappa shape index (κ3) is 9.77. The molecule has 0 rings (SSSR count). The van der Waals surface area contributed by atoms with E-state index in [4.69, 9.17) is 5.11 Å². The first-order chi connectivity index (χ1) is 8.61. The first kappa shape index (κ1) is 17.8. The van der Waals surface area contributed by atoms with Crippen molar-refractivity contribution in [3.63, 3.8) is 0 Å². The van der Waals surface area contributed by atoms with E-state index in [2.05, 4.69) is 19.2 Å². The smallest absolute Gasteiger partial charge is 0.265 e. The van der Waals surface area contributed by atoms with E-state index < -0.39 is 12.5 Å². The van der Waals surface area contributed by atoms with Crippen molar-refractivity contribution in [3.05, 3.63) is 0 Å². The van der Waals surface area contributed by atoms with Crippen LogP contribution in [0.1, 0.15) is 65.2 Å². The van der Waals surface area contributed by atoms with E-state index in [1.807, 2.05) is 0 Å². The largest absolute Gasteiger partial charge is 0.386 e. The average Bonchev–Trinajstić information content (AvgIpc) is 2.35. The van der Waals surface area contributed by atoms with Gasteiger partial charge in [0.1, 0.15) is 6.10 Å². The van der Waals surface area contributed by atoms with Crippen molar-refractivity contribution in [1.82, 2.24) is 5.32 Å². The molecule has 0 aliphatic rings. The van der Waals surface area contributed by atoms with Crippen molar-refractivity contribution in [3.8, 4) is 0 Å². The monoisotopic (exact) mass is 265 g/mol. The molecule has 0 aromatic carbocycles. The summed E-state index contributed by atoms with van der Waals surface area (Å²) in [5.41, 5.74) is 0. The molecule has 1 atom stereocenters. The summed E-state index contributed by atoms with van der Waals surface area (Å²) in [7, 11) is 0. The van der Waals surface area contributed by atoms with Crippen LogP contribution in [0.3, 0.4) is 0 Å². The summed E-state index contributed by atoms with van der Waals surface area (Å²) in [5.74, 6) is 0. The molecule has 4 heteroatoms. The van der Waals surface area contributed by atoms with Gasteiger partial charge < -0.3 is 10.4 Å². The molecule has 110 valence electrons. The van der Waals surface area contributed by atoms with E-state index in [1.165, 1.54) is 25.7 Å². The Morgan fingerprint density at radius 2 is 1.44 bits per heavy atom. The Kier molecular flexibility index (Phi) is 11.7. The van der Waals surface area contributed by atoms with Gasteiger partial charge in [-0.05, 0) is 12.8 Å². The minimum absolute atomic E-state index is 0.000579. The molecule has 2 N–H and O–H groups in total. The number of alkyl halides is 2. The second-order valence-corrected chi connectivity index (χ2v) is 5.00. The summed E-state index contributed by atoms with van der Waals surface area (Å²) < 4.78 is 24.4. The van der Waals surface area contributed by atoms with Gasteiger partial charge in [0.2, 0.25) is 0 Å². The summed E-state index contributed by atoms with van der Waals surface area (Å²) in [5, 5.41) is 12.2. The Labute approximate surface area is 110 Å². The van der Waals surface area contributed by atoms with Gasteiger partial charge in [0.15, 0.2) is 0 Å². The molecule has 2 nitrogen and oxygen atoms in total. The second-order valence-electron chi connectivity index (χ2n) is 5.00. The lowest BCUT2D eigenvalue weighted by molar-refractivity contribution is -0.00492. The Morgan fingerprint density at radius 1 is 0.944 bits per heavy atom. The topological polar surface area (TPSA) is 32.3 Å². The summed E-state index contributed by atoms with van der Waals surface area (Å²) in [6.45, 7) is 4.31. The van der Waals surface area contributed by atoms with Gasteiger partial charge in [0.05, 0.1) is 0 Å². The molecule has 0 radical (unpaired) electrons. The van der Waals surface area contributed by atoms with Crippen LogP contribution in [0, 0.1) is 0 Å². The van der Waals surface area contributed by atoms with Crippen molar-refractivity contribution < 1.29 is 13.9 Å². The SMILES string of the molecule is CCCCCC(CCCCC)NCC(O)C(F)F. The van der Waals surface area contributed by atoms with Crippen LogP contribution in [-0.4, -0.2) is 30.2 Å². The molecule has 0 heterocycles. The molecule has 0 fully saturated rings. The van der Waals surface area contributed by atoms with Crippen molar-refractivity contribution in [2.75, 3.05) is 6.54 Å². The van der Waals surface area contributed by atoms with Crippen LogP contribution in [0.4, 0.5) is 8.78 Å². The number of aliphatic hydroxyl groups is 1. The average molecular weight is 265 g/mol. The fraction of sp³-hybridized carbons (Fsp3) is 1.00. The normalized spacial score (nSPS) is 13.5. The lowest BCUT2D eigenvalue weighted by atomic mass is 10.0. The van der Waals surface area contributed by atoms with E-state index in [9.17, 15) is 8.78 Å². The number of hydrogen-bond donors (Lipinski definition) is 2. The second kappa shape index (κ2) is 11.8. The molecule has 0 aromatic heterocycles. The van der Waals surface area contributed by atoms with Gasteiger partial charge in [0.25, 0.3) is 6.43 Å². The van der Waals surface area contributed by atoms with Gasteiger partial charge in [-0.25, -0.2) is 8.78 Å². The van der Waals surface area contributed by atoms with Crippen LogP contribution >= 0.6 is 0 Å². The maximum Gasteiger partial charge on any atom is 0.265 e. The van der Waals surface area contributed by atoms with Gasteiger partial charge in [-0.15, -0.1) is 0 Å². The van der Waals surface area contributed by atoms with E-state index in [1.54, 1.807) is 0 Å². The Balaban J connectivity index is 3.87. The van der Waals surface area contributed by atoms with Gasteiger partial charge in [-0.1, -0.05) is 52.4 Å². The third-order valence-corrected chi connectivity index (χ3v) is 3.22. The molecule has 1 unspecified atom stereocenters. The van der Waals surface area contributed by atoms with E-state index in [0.717, 1.165) is 25.7 Å². The van der Waals surface area contributed by atoms with Crippen LogP contribution in [-0.2, 0) is 0 Å². The predicted octanol–water partition coefficient (Wildman–Crippen LogP) is 3.73. The molecule has 0 bridgehead atoms. The highest BCUT2D eigenvalue weighted by atomic mass is 19.3. The van der Waals surface area contributed by atoms with Gasteiger partial charge in [0, 0.05) is 12.6 Å². The highest BCUT2D eigenvalue weighted by Gasteiger charge is 2.18. The van der Waals surface area contributed by atoms with Crippen molar-refractivity contribution in [1.29, 1.82) is 0 Å². The minimum Gasteiger partial charge on any atom is -0.386 e. The van der Waals surface area contributed by atoms with Gasteiger partial charge in [-0.3, -0.25) is 0 Å². The van der Waals surface area contributed by atoms with Crippen molar-refractivity contribution in [2.24, 2.45) is 0 Å². The minimum atomic E-state index is -2.65. The fourth-order valence-electron chi connectivity index (χ4n) is 2.01. The molecule has 0 amide bonds. The number of unbranched alkanes of at least 4 members (excludes halogenated alkanes) is 4. The Bertz CT molecular complexity index is 169. The van der Waals surface area contributed by atoms with Gasteiger partial charge >= 0.3 is 0 Å². The molecule has 0 aliphatic heterocycles. The maximum atomic E-state index is 12.2. The molecule has 0 saturated heterocycles. The summed E-state index contributed by atoms with van der Waals surface area (Å²) in [6.07, 6.45) is 4.82. The number of halogens is 2. The molecule has 18 heavy (non-hydrogen) atoms. The summed E-state index contributed by atoms with van der Waals surface area (Å²) in [6, 6.07) is 0.275. The molecule has 0 aromatic rings.